The van der Waals surface area contributed by atoms with Gasteiger partial charge >= 0.3 is 0 Å². The summed E-state index contributed by atoms with van der Waals surface area (Å²) in [5.41, 5.74) is 11.0. The molecule has 0 aliphatic heterocycles. The molecule has 0 bridgehead atoms. The third kappa shape index (κ3) is 3.62. The van der Waals surface area contributed by atoms with Crippen LogP contribution in [-0.4, -0.2) is 6.04 Å². The van der Waals surface area contributed by atoms with E-state index in [4.69, 9.17) is 17.3 Å². The highest BCUT2D eigenvalue weighted by atomic mass is 35.5. The Morgan fingerprint density at radius 1 is 1.05 bits per heavy atom. The highest BCUT2D eigenvalue weighted by Crippen LogP contribution is 2.27. The first-order valence-corrected chi connectivity index (χ1v) is 7.46. The topological polar surface area (TPSA) is 26.0 Å². The Balaban J connectivity index is 2.22. The maximum Gasteiger partial charge on any atom is 0.0412 e. The van der Waals surface area contributed by atoms with Crippen molar-refractivity contribution in [3.63, 3.8) is 0 Å². The molecule has 1 nitrogen and oxygen atoms in total. The fourth-order valence-corrected chi connectivity index (χ4v) is 2.41. The van der Waals surface area contributed by atoms with Gasteiger partial charge in [-0.2, -0.15) is 0 Å². The van der Waals surface area contributed by atoms with E-state index in [-0.39, 0.29) is 6.04 Å². The molecule has 0 amide bonds. The fraction of sp³-hybridized carbons (Fsp3) is 0.333. The number of nitrogens with two attached hydrogens (primary N) is 1. The molecule has 2 rings (SSSR count). The molecule has 106 valence electrons. The van der Waals surface area contributed by atoms with Crippen LogP contribution < -0.4 is 5.73 Å². The predicted octanol–water partition coefficient (Wildman–Crippen LogP) is 4.84. The van der Waals surface area contributed by atoms with E-state index < -0.39 is 0 Å². The zero-order valence-corrected chi connectivity index (χ0v) is 13.1. The van der Waals surface area contributed by atoms with E-state index in [2.05, 4.69) is 51.1 Å². The lowest BCUT2D eigenvalue weighted by Gasteiger charge is -2.15. The normalized spacial score (nSPS) is 12.7. The summed E-state index contributed by atoms with van der Waals surface area (Å²) in [6.07, 6.45) is 0.923. The molecule has 0 aliphatic carbocycles. The molecule has 2 aromatic carbocycles. The lowest BCUT2D eigenvalue weighted by atomic mass is 9.95. The summed E-state index contributed by atoms with van der Waals surface area (Å²) in [7, 11) is 0. The Bertz CT molecular complexity index is 572. The highest BCUT2D eigenvalue weighted by molar-refractivity contribution is 6.30. The minimum absolute atomic E-state index is 0.216. The van der Waals surface area contributed by atoms with Gasteiger partial charge in [-0.15, -0.1) is 0 Å². The lowest BCUT2D eigenvalue weighted by Crippen LogP contribution is -2.28. The Labute approximate surface area is 126 Å². The number of halogens is 1. The number of hydrogen-bond donors (Lipinski definition) is 1. The van der Waals surface area contributed by atoms with E-state index in [9.17, 15) is 0 Å². The minimum Gasteiger partial charge on any atom is -0.327 e. The molecule has 20 heavy (non-hydrogen) atoms. The Hall–Kier alpha value is -1.31. The van der Waals surface area contributed by atoms with Crippen molar-refractivity contribution in [3.8, 4) is 11.1 Å². The SMILES string of the molecule is Cc1ccc(Cl)cc1-c1ccc(CC(N)C(C)C)cc1. The number of rotatable bonds is 4. The first-order valence-electron chi connectivity index (χ1n) is 7.08. The largest absolute Gasteiger partial charge is 0.327 e. The second-order valence-corrected chi connectivity index (χ2v) is 6.20. The quantitative estimate of drug-likeness (QED) is 0.855. The zero-order chi connectivity index (χ0) is 14.7. The molecule has 2 aromatic rings. The molecule has 0 heterocycles. The Morgan fingerprint density at radius 3 is 2.30 bits per heavy atom. The van der Waals surface area contributed by atoms with E-state index >= 15 is 0 Å². The van der Waals surface area contributed by atoms with E-state index in [0.29, 0.717) is 5.92 Å². The molecular formula is C18H22ClN. The third-order valence-corrected chi connectivity index (χ3v) is 4.03. The first-order chi connectivity index (χ1) is 9.47. The smallest absolute Gasteiger partial charge is 0.0412 e. The predicted molar refractivity (Wildman–Crippen MR) is 88.1 cm³/mol. The van der Waals surface area contributed by atoms with Gasteiger partial charge in [-0.05, 0) is 53.6 Å². The van der Waals surface area contributed by atoms with Crippen molar-refractivity contribution in [2.45, 2.75) is 33.2 Å². The van der Waals surface area contributed by atoms with Crippen LogP contribution in [-0.2, 0) is 6.42 Å². The summed E-state index contributed by atoms with van der Waals surface area (Å²) < 4.78 is 0. The van der Waals surface area contributed by atoms with Crippen molar-refractivity contribution in [1.82, 2.24) is 0 Å². The molecule has 0 saturated carbocycles. The van der Waals surface area contributed by atoms with Gasteiger partial charge in [-0.1, -0.05) is 55.8 Å². The van der Waals surface area contributed by atoms with Crippen LogP contribution in [0.2, 0.25) is 5.02 Å². The van der Waals surface area contributed by atoms with Gasteiger partial charge < -0.3 is 5.73 Å². The van der Waals surface area contributed by atoms with Gasteiger partial charge in [-0.25, -0.2) is 0 Å². The molecule has 2 heteroatoms. The molecule has 0 aromatic heterocycles. The molecule has 0 radical (unpaired) electrons. The van der Waals surface area contributed by atoms with Crippen LogP contribution in [0.1, 0.15) is 25.0 Å². The third-order valence-electron chi connectivity index (χ3n) is 3.79. The van der Waals surface area contributed by atoms with Crippen LogP contribution >= 0.6 is 11.6 Å². The minimum atomic E-state index is 0.216. The molecule has 0 spiro atoms. The zero-order valence-electron chi connectivity index (χ0n) is 12.4. The van der Waals surface area contributed by atoms with Crippen LogP contribution in [0.3, 0.4) is 0 Å². The summed E-state index contributed by atoms with van der Waals surface area (Å²) in [4.78, 5) is 0. The molecule has 0 aliphatic rings. The van der Waals surface area contributed by atoms with Crippen molar-refractivity contribution in [2.75, 3.05) is 0 Å². The van der Waals surface area contributed by atoms with Gasteiger partial charge in [0, 0.05) is 11.1 Å². The average Bonchev–Trinajstić information content (AvgIpc) is 2.42. The molecule has 1 unspecified atom stereocenters. The summed E-state index contributed by atoms with van der Waals surface area (Å²) in [5.74, 6) is 0.504. The van der Waals surface area contributed by atoms with Gasteiger partial charge in [-0.3, -0.25) is 0 Å². The maximum atomic E-state index is 6.12. The van der Waals surface area contributed by atoms with Crippen molar-refractivity contribution in [3.05, 3.63) is 58.6 Å². The lowest BCUT2D eigenvalue weighted by molar-refractivity contribution is 0.490. The second kappa shape index (κ2) is 6.43. The van der Waals surface area contributed by atoms with Gasteiger partial charge in [0.25, 0.3) is 0 Å². The molecule has 0 fully saturated rings. The highest BCUT2D eigenvalue weighted by Gasteiger charge is 2.09. The second-order valence-electron chi connectivity index (χ2n) is 5.77. The first kappa shape index (κ1) is 15.1. The summed E-state index contributed by atoms with van der Waals surface area (Å²) in [6, 6.07) is 14.9. The molecule has 2 N–H and O–H groups in total. The molecule has 1 atom stereocenters. The number of hydrogen-bond acceptors (Lipinski definition) is 1. The summed E-state index contributed by atoms with van der Waals surface area (Å²) in [5, 5.41) is 0.775. The van der Waals surface area contributed by atoms with Gasteiger partial charge in [0.1, 0.15) is 0 Å². The van der Waals surface area contributed by atoms with Crippen molar-refractivity contribution >= 4 is 11.6 Å². The van der Waals surface area contributed by atoms with E-state index in [1.807, 2.05) is 12.1 Å². The van der Waals surface area contributed by atoms with Gasteiger partial charge in [0.15, 0.2) is 0 Å². The van der Waals surface area contributed by atoms with Crippen molar-refractivity contribution in [1.29, 1.82) is 0 Å². The monoisotopic (exact) mass is 287 g/mol. The average molecular weight is 288 g/mol. The van der Waals surface area contributed by atoms with Gasteiger partial charge in [0.05, 0.1) is 0 Å². The molecule has 0 saturated heterocycles. The van der Waals surface area contributed by atoms with Crippen molar-refractivity contribution < 1.29 is 0 Å². The fourth-order valence-electron chi connectivity index (χ4n) is 2.23. The number of aryl methyl sites for hydroxylation is 1. The summed E-state index contributed by atoms with van der Waals surface area (Å²) >= 11 is 6.09. The Kier molecular flexibility index (Phi) is 4.85. The van der Waals surface area contributed by atoms with Gasteiger partial charge in [0.2, 0.25) is 0 Å². The molecular weight excluding hydrogens is 266 g/mol. The van der Waals surface area contributed by atoms with Crippen LogP contribution in [0.15, 0.2) is 42.5 Å². The standard InChI is InChI=1S/C18H22ClN/c1-12(2)18(20)10-14-5-7-15(8-6-14)17-11-16(19)9-4-13(17)3/h4-9,11-12,18H,10,20H2,1-3H3. The van der Waals surface area contributed by atoms with Crippen LogP contribution in [0, 0.1) is 12.8 Å². The summed E-state index contributed by atoms with van der Waals surface area (Å²) in [6.45, 7) is 6.43. The number of benzene rings is 2. The van der Waals surface area contributed by atoms with Crippen molar-refractivity contribution in [2.24, 2.45) is 11.7 Å². The van der Waals surface area contributed by atoms with Crippen LogP contribution in [0.25, 0.3) is 11.1 Å². The van der Waals surface area contributed by atoms with Crippen LogP contribution in [0.5, 0.6) is 0 Å². The van der Waals surface area contributed by atoms with E-state index in [1.165, 1.54) is 22.3 Å². The maximum absolute atomic E-state index is 6.12. The Morgan fingerprint density at radius 2 is 1.70 bits per heavy atom. The van der Waals surface area contributed by atoms with Crippen LogP contribution in [0.4, 0.5) is 0 Å². The van der Waals surface area contributed by atoms with E-state index in [0.717, 1.165) is 11.4 Å². The van der Waals surface area contributed by atoms with E-state index in [1.54, 1.807) is 0 Å².